The van der Waals surface area contributed by atoms with E-state index in [1.54, 1.807) is 4.90 Å². The summed E-state index contributed by atoms with van der Waals surface area (Å²) in [6.45, 7) is 12.0. The number of fused-ring (bicyclic) bond motifs is 3. The average Bonchev–Trinajstić information content (AvgIpc) is 3.88. The molecule has 2 saturated heterocycles. The minimum Gasteiger partial charge on any atom is -0.346 e. The van der Waals surface area contributed by atoms with Gasteiger partial charge in [0, 0.05) is 19.0 Å². The number of urea groups is 1. The molecule has 4 N–H and O–H groups in total. The second kappa shape index (κ2) is 14.9. The average molecular weight is 628 g/mol. The highest BCUT2D eigenvalue weighted by Crippen LogP contribution is 2.65. The molecule has 4 aliphatic rings. The molecule has 5 amide bonds. The van der Waals surface area contributed by atoms with Crippen LogP contribution in [0.1, 0.15) is 98.3 Å². The summed E-state index contributed by atoms with van der Waals surface area (Å²) in [5, 5.41) is 11.1. The van der Waals surface area contributed by atoms with Crippen molar-refractivity contribution in [3.05, 3.63) is 12.7 Å². The monoisotopic (exact) mass is 627 g/mol. The highest BCUT2D eigenvalue weighted by Gasteiger charge is 2.69. The Hall–Kier alpha value is -3.24. The third-order valence-corrected chi connectivity index (χ3v) is 10.4. The van der Waals surface area contributed by atoms with Gasteiger partial charge in [0.05, 0.1) is 12.1 Å². The van der Waals surface area contributed by atoms with Gasteiger partial charge in [0.25, 0.3) is 5.91 Å². The van der Waals surface area contributed by atoms with Crippen LogP contribution in [-0.2, 0) is 24.0 Å². The largest absolute Gasteiger partial charge is 0.346 e. The predicted molar refractivity (Wildman–Crippen MR) is 170 cm³/mol. The van der Waals surface area contributed by atoms with E-state index in [-0.39, 0.29) is 47.3 Å². The molecule has 250 valence electrons. The standard InChI is InChI=1S/C34H53N5O6/c1-6-18-35-31(43)29(41)23-14-12-10-8-7-9-11-13-15-24(37-33(45)38-26(20(2)3)28(40)21-16-17-21)32(44)39-19-22-25(34(22,4)5)27(39)30(42)36-23/h6,20-27H,1,7-19H2,2-5H3,(H,35,43)(H,36,42)(H2,37,38,45)/t22-,23+,24+,25-,26+,27+/m1/s1. The summed E-state index contributed by atoms with van der Waals surface area (Å²) in [5.41, 5.74) is -0.158. The Bertz CT molecular complexity index is 1160. The first-order chi connectivity index (χ1) is 21.4. The van der Waals surface area contributed by atoms with Gasteiger partial charge in [0.15, 0.2) is 5.78 Å². The maximum Gasteiger partial charge on any atom is 0.316 e. The summed E-state index contributed by atoms with van der Waals surface area (Å²) in [4.78, 5) is 81.6. The molecule has 45 heavy (non-hydrogen) atoms. The lowest BCUT2D eigenvalue weighted by Gasteiger charge is -2.34. The molecule has 2 aliphatic heterocycles. The third kappa shape index (κ3) is 8.33. The number of hydrogen-bond acceptors (Lipinski definition) is 6. The fourth-order valence-electron chi connectivity index (χ4n) is 7.32. The normalized spacial score (nSPS) is 29.4. The molecule has 0 bridgehead atoms. The van der Waals surface area contributed by atoms with Crippen LogP contribution in [0.25, 0.3) is 0 Å². The Kier molecular flexibility index (Phi) is 11.5. The molecular formula is C34H53N5O6. The van der Waals surface area contributed by atoms with Crippen LogP contribution in [-0.4, -0.2) is 77.5 Å². The molecule has 0 spiro atoms. The molecule has 11 nitrogen and oxygen atoms in total. The van der Waals surface area contributed by atoms with Gasteiger partial charge in [0.2, 0.25) is 17.6 Å². The summed E-state index contributed by atoms with van der Waals surface area (Å²) in [7, 11) is 0. The van der Waals surface area contributed by atoms with Gasteiger partial charge in [-0.2, -0.15) is 0 Å². The Morgan fingerprint density at radius 1 is 0.978 bits per heavy atom. The number of Topliss-reactive ketones (excluding diaryl/α,β-unsaturated/α-hetero) is 2. The number of ketones is 2. The van der Waals surface area contributed by atoms with Crippen LogP contribution in [0.5, 0.6) is 0 Å². The number of piperidine rings is 1. The van der Waals surface area contributed by atoms with E-state index in [0.29, 0.717) is 25.8 Å². The first-order valence-corrected chi connectivity index (χ1v) is 17.0. The molecule has 0 aromatic carbocycles. The summed E-state index contributed by atoms with van der Waals surface area (Å²) < 4.78 is 0. The van der Waals surface area contributed by atoms with Crippen LogP contribution >= 0.6 is 0 Å². The van der Waals surface area contributed by atoms with Crippen LogP contribution in [0.2, 0.25) is 0 Å². The van der Waals surface area contributed by atoms with E-state index < -0.39 is 47.8 Å². The van der Waals surface area contributed by atoms with Crippen molar-refractivity contribution < 1.29 is 28.8 Å². The lowest BCUT2D eigenvalue weighted by Crippen LogP contribution is -2.59. The second-order valence-corrected chi connectivity index (χ2v) is 14.4. The highest BCUT2D eigenvalue weighted by atomic mass is 16.2. The molecule has 0 aromatic rings. The van der Waals surface area contributed by atoms with Gasteiger partial charge in [-0.15, -0.1) is 6.58 Å². The predicted octanol–water partition coefficient (Wildman–Crippen LogP) is 3.02. The number of amides is 5. The van der Waals surface area contributed by atoms with Gasteiger partial charge < -0.3 is 26.2 Å². The van der Waals surface area contributed by atoms with Crippen molar-refractivity contribution in [2.75, 3.05) is 13.1 Å². The first-order valence-electron chi connectivity index (χ1n) is 17.0. The molecule has 0 unspecified atom stereocenters. The maximum absolute atomic E-state index is 14.2. The lowest BCUT2D eigenvalue weighted by atomic mass is 9.96. The molecule has 2 heterocycles. The number of nitrogens with zero attached hydrogens (tertiary/aromatic N) is 1. The number of hydrogen-bond donors (Lipinski definition) is 4. The van der Waals surface area contributed by atoms with Crippen molar-refractivity contribution in [2.24, 2.45) is 29.1 Å². The van der Waals surface area contributed by atoms with Crippen molar-refractivity contribution in [2.45, 2.75) is 122 Å². The number of carbonyl (C=O) groups excluding carboxylic acids is 6. The topological polar surface area (TPSA) is 154 Å². The summed E-state index contributed by atoms with van der Waals surface area (Å²) in [6, 6.07) is -3.86. The zero-order valence-electron chi connectivity index (χ0n) is 27.5. The minimum atomic E-state index is -0.996. The van der Waals surface area contributed by atoms with Gasteiger partial charge in [-0.1, -0.05) is 78.7 Å². The van der Waals surface area contributed by atoms with Crippen molar-refractivity contribution in [3.8, 4) is 0 Å². The molecule has 4 rings (SSSR count). The SMILES string of the molecule is C=CCNC(=O)C(=O)[C@@H]1CCCCCCCCC[C@H](NC(=O)N[C@H](C(=O)C2CC2)C(C)C)C(=O)N2C[C@@H]3[C@H]([C@H]2C(=O)N1)C3(C)C. The zero-order valence-corrected chi connectivity index (χ0v) is 27.5. The van der Waals surface area contributed by atoms with E-state index in [4.69, 9.17) is 0 Å². The number of nitrogens with one attached hydrogen (secondary N) is 4. The van der Waals surface area contributed by atoms with E-state index in [2.05, 4.69) is 41.7 Å². The zero-order chi connectivity index (χ0) is 32.9. The maximum atomic E-state index is 14.2. The number of carbonyl (C=O) groups is 6. The van der Waals surface area contributed by atoms with Crippen LogP contribution < -0.4 is 21.3 Å². The Balaban J connectivity index is 1.55. The summed E-state index contributed by atoms with van der Waals surface area (Å²) in [6.07, 6.45) is 10.1. The molecule has 2 aliphatic carbocycles. The van der Waals surface area contributed by atoms with Gasteiger partial charge in [-0.25, -0.2) is 4.79 Å². The van der Waals surface area contributed by atoms with E-state index in [9.17, 15) is 28.8 Å². The fraction of sp³-hybridized carbons (Fsp3) is 0.765. The minimum absolute atomic E-state index is 0.00955. The third-order valence-electron chi connectivity index (χ3n) is 10.4. The Morgan fingerprint density at radius 2 is 1.60 bits per heavy atom. The molecule has 4 fully saturated rings. The van der Waals surface area contributed by atoms with Gasteiger partial charge in [0.1, 0.15) is 12.1 Å². The van der Waals surface area contributed by atoms with Crippen molar-refractivity contribution in [1.29, 1.82) is 0 Å². The van der Waals surface area contributed by atoms with Crippen LogP contribution in [0.3, 0.4) is 0 Å². The van der Waals surface area contributed by atoms with Crippen LogP contribution in [0, 0.1) is 29.1 Å². The van der Waals surface area contributed by atoms with E-state index >= 15 is 0 Å². The van der Waals surface area contributed by atoms with Crippen molar-refractivity contribution in [1.82, 2.24) is 26.2 Å². The van der Waals surface area contributed by atoms with E-state index in [1.165, 1.54) is 6.08 Å². The van der Waals surface area contributed by atoms with E-state index in [0.717, 1.165) is 51.4 Å². The highest BCUT2D eigenvalue weighted by molar-refractivity contribution is 6.38. The first kappa shape index (κ1) is 34.6. The lowest BCUT2D eigenvalue weighted by molar-refractivity contribution is -0.144. The molecule has 0 aromatic heterocycles. The van der Waals surface area contributed by atoms with E-state index in [1.807, 2.05) is 13.8 Å². The van der Waals surface area contributed by atoms with Gasteiger partial charge >= 0.3 is 6.03 Å². The summed E-state index contributed by atoms with van der Waals surface area (Å²) >= 11 is 0. The number of rotatable bonds is 9. The molecule has 11 heteroatoms. The molecule has 2 saturated carbocycles. The molecule has 0 radical (unpaired) electrons. The van der Waals surface area contributed by atoms with Crippen LogP contribution in [0.4, 0.5) is 4.79 Å². The smallest absolute Gasteiger partial charge is 0.316 e. The second-order valence-electron chi connectivity index (χ2n) is 14.4. The fourth-order valence-corrected chi connectivity index (χ4v) is 7.32. The van der Waals surface area contributed by atoms with Crippen molar-refractivity contribution in [3.63, 3.8) is 0 Å². The van der Waals surface area contributed by atoms with Crippen LogP contribution in [0.15, 0.2) is 12.7 Å². The Labute approximate surface area is 267 Å². The molecule has 6 atom stereocenters. The van der Waals surface area contributed by atoms with Crippen molar-refractivity contribution >= 4 is 35.3 Å². The molecular weight excluding hydrogens is 574 g/mol. The Morgan fingerprint density at radius 3 is 2.20 bits per heavy atom. The summed E-state index contributed by atoms with van der Waals surface area (Å²) in [5.74, 6) is -2.30. The van der Waals surface area contributed by atoms with Gasteiger partial charge in [-0.3, -0.25) is 24.0 Å². The quantitative estimate of drug-likeness (QED) is 0.228. The van der Waals surface area contributed by atoms with Gasteiger partial charge in [-0.05, 0) is 48.9 Å².